The highest BCUT2D eigenvalue weighted by Crippen LogP contribution is 2.17. The second-order valence-electron chi connectivity index (χ2n) is 4.84. The lowest BCUT2D eigenvalue weighted by Crippen LogP contribution is -2.35. The zero-order chi connectivity index (χ0) is 14.1. The van der Waals surface area contributed by atoms with Crippen LogP contribution in [0.2, 0.25) is 0 Å². The summed E-state index contributed by atoms with van der Waals surface area (Å²) in [7, 11) is 1.63. The van der Waals surface area contributed by atoms with Gasteiger partial charge in [0.15, 0.2) is 0 Å². The molecule has 1 unspecified atom stereocenters. The van der Waals surface area contributed by atoms with Gasteiger partial charge >= 0.3 is 0 Å². The third kappa shape index (κ3) is 5.31. The van der Waals surface area contributed by atoms with E-state index < -0.39 is 0 Å². The number of carbonyl (C=O) groups is 1. The molecule has 1 N–H and O–H groups in total. The topological polar surface area (TPSA) is 65.4 Å². The SMILES string of the molecule is COCCCNC(=O)/C(C#N)=C\N1CCCCC1C. The number of amides is 1. The fourth-order valence-electron chi connectivity index (χ4n) is 2.13. The smallest absolute Gasteiger partial charge is 0.263 e. The number of nitrogens with one attached hydrogen (secondary N) is 1. The first-order chi connectivity index (χ1) is 9.19. The summed E-state index contributed by atoms with van der Waals surface area (Å²) < 4.78 is 4.91. The zero-order valence-corrected chi connectivity index (χ0v) is 11.8. The molecule has 0 aromatic rings. The maximum atomic E-state index is 11.8. The first-order valence-electron chi connectivity index (χ1n) is 6.84. The quantitative estimate of drug-likeness (QED) is 0.448. The molecule has 0 bridgehead atoms. The van der Waals surface area contributed by atoms with E-state index >= 15 is 0 Å². The minimum Gasteiger partial charge on any atom is -0.385 e. The lowest BCUT2D eigenvalue weighted by molar-refractivity contribution is -0.117. The number of nitriles is 1. The number of ether oxygens (including phenoxy) is 1. The van der Waals surface area contributed by atoms with Crippen molar-refractivity contribution in [2.45, 2.75) is 38.6 Å². The van der Waals surface area contributed by atoms with E-state index in [0.29, 0.717) is 19.2 Å². The van der Waals surface area contributed by atoms with Crippen LogP contribution in [-0.2, 0) is 9.53 Å². The van der Waals surface area contributed by atoms with Crippen LogP contribution in [0.15, 0.2) is 11.8 Å². The van der Waals surface area contributed by atoms with Crippen LogP contribution in [0.25, 0.3) is 0 Å². The van der Waals surface area contributed by atoms with Crippen LogP contribution in [0.1, 0.15) is 32.6 Å². The van der Waals surface area contributed by atoms with Gasteiger partial charge in [0.1, 0.15) is 11.6 Å². The molecule has 0 aromatic heterocycles. The molecule has 1 atom stereocenters. The Morgan fingerprint density at radius 1 is 1.58 bits per heavy atom. The van der Waals surface area contributed by atoms with Gasteiger partial charge in [-0.25, -0.2) is 0 Å². The molecule has 1 saturated heterocycles. The van der Waals surface area contributed by atoms with Crippen molar-refractivity contribution in [2.24, 2.45) is 0 Å². The molecule has 0 saturated carbocycles. The van der Waals surface area contributed by atoms with Crippen molar-refractivity contribution in [2.75, 3.05) is 26.8 Å². The first-order valence-corrected chi connectivity index (χ1v) is 6.84. The van der Waals surface area contributed by atoms with Gasteiger partial charge in [0, 0.05) is 39.0 Å². The maximum Gasteiger partial charge on any atom is 0.263 e. The molecular weight excluding hydrogens is 242 g/mol. The predicted octanol–water partition coefficient (Wildman–Crippen LogP) is 1.42. The molecule has 0 radical (unpaired) electrons. The Bertz CT molecular complexity index is 360. The van der Waals surface area contributed by atoms with Crippen molar-refractivity contribution in [3.05, 3.63) is 11.8 Å². The number of likely N-dealkylation sites (tertiary alicyclic amines) is 1. The van der Waals surface area contributed by atoms with Crippen molar-refractivity contribution in [1.29, 1.82) is 5.26 Å². The van der Waals surface area contributed by atoms with Crippen LogP contribution in [0.5, 0.6) is 0 Å². The molecule has 1 aliphatic heterocycles. The average molecular weight is 265 g/mol. The number of hydrogen-bond donors (Lipinski definition) is 1. The third-order valence-corrected chi connectivity index (χ3v) is 3.33. The number of piperidine rings is 1. The Morgan fingerprint density at radius 3 is 3.00 bits per heavy atom. The molecule has 19 heavy (non-hydrogen) atoms. The third-order valence-electron chi connectivity index (χ3n) is 3.33. The first kappa shape index (κ1) is 15.5. The Hall–Kier alpha value is -1.54. The number of nitrogens with zero attached hydrogens (tertiary/aromatic N) is 2. The lowest BCUT2D eigenvalue weighted by atomic mass is 10.0. The molecule has 1 aliphatic rings. The molecule has 0 spiro atoms. The number of methoxy groups -OCH3 is 1. The largest absolute Gasteiger partial charge is 0.385 e. The summed E-state index contributed by atoms with van der Waals surface area (Å²) in [4.78, 5) is 13.9. The van der Waals surface area contributed by atoms with Crippen LogP contribution in [0, 0.1) is 11.3 Å². The van der Waals surface area contributed by atoms with E-state index in [1.165, 1.54) is 6.42 Å². The Labute approximate surface area is 115 Å². The minimum atomic E-state index is -0.295. The van der Waals surface area contributed by atoms with E-state index in [1.54, 1.807) is 13.3 Å². The Morgan fingerprint density at radius 2 is 2.37 bits per heavy atom. The van der Waals surface area contributed by atoms with E-state index in [0.717, 1.165) is 25.8 Å². The van der Waals surface area contributed by atoms with Crippen molar-refractivity contribution in [3.63, 3.8) is 0 Å². The van der Waals surface area contributed by atoms with E-state index in [9.17, 15) is 4.79 Å². The summed E-state index contributed by atoms with van der Waals surface area (Å²) >= 11 is 0. The molecule has 1 rings (SSSR count). The Kier molecular flexibility index (Phi) is 6.98. The van der Waals surface area contributed by atoms with E-state index in [1.807, 2.05) is 6.07 Å². The van der Waals surface area contributed by atoms with Gasteiger partial charge in [0.2, 0.25) is 0 Å². The molecule has 5 nitrogen and oxygen atoms in total. The number of rotatable bonds is 6. The minimum absolute atomic E-state index is 0.186. The van der Waals surface area contributed by atoms with Crippen LogP contribution in [0.4, 0.5) is 0 Å². The van der Waals surface area contributed by atoms with Gasteiger partial charge in [0.25, 0.3) is 5.91 Å². The average Bonchev–Trinajstić information content (AvgIpc) is 2.42. The normalized spacial score (nSPS) is 19.9. The standard InChI is InChI=1S/C14H23N3O2/c1-12-6-3-4-8-17(12)11-13(10-15)14(18)16-7-5-9-19-2/h11-12H,3-9H2,1-2H3,(H,16,18)/b13-11-. The monoisotopic (exact) mass is 265 g/mol. The highest BCUT2D eigenvalue weighted by Gasteiger charge is 2.17. The van der Waals surface area contributed by atoms with Crippen LogP contribution in [0.3, 0.4) is 0 Å². The molecule has 1 fully saturated rings. The summed E-state index contributed by atoms with van der Waals surface area (Å²) in [5, 5.41) is 11.8. The summed E-state index contributed by atoms with van der Waals surface area (Å²) in [5.41, 5.74) is 0.186. The highest BCUT2D eigenvalue weighted by molar-refractivity contribution is 5.97. The zero-order valence-electron chi connectivity index (χ0n) is 11.8. The fraction of sp³-hybridized carbons (Fsp3) is 0.714. The van der Waals surface area contributed by atoms with Gasteiger partial charge in [0.05, 0.1) is 0 Å². The van der Waals surface area contributed by atoms with Gasteiger partial charge in [-0.2, -0.15) is 5.26 Å². The summed E-state index contributed by atoms with van der Waals surface area (Å²) in [5.74, 6) is -0.295. The molecular formula is C14H23N3O2. The second kappa shape index (κ2) is 8.54. The van der Waals surface area contributed by atoms with E-state index in [-0.39, 0.29) is 11.5 Å². The maximum absolute atomic E-state index is 11.8. The van der Waals surface area contributed by atoms with Crippen LogP contribution >= 0.6 is 0 Å². The van der Waals surface area contributed by atoms with Gasteiger partial charge in [-0.15, -0.1) is 0 Å². The lowest BCUT2D eigenvalue weighted by Gasteiger charge is -2.32. The highest BCUT2D eigenvalue weighted by atomic mass is 16.5. The van der Waals surface area contributed by atoms with Crippen molar-refractivity contribution in [1.82, 2.24) is 10.2 Å². The molecule has 0 aliphatic carbocycles. The van der Waals surface area contributed by atoms with Crippen molar-refractivity contribution >= 4 is 5.91 Å². The summed E-state index contributed by atoms with van der Waals surface area (Å²) in [6.07, 6.45) is 5.91. The van der Waals surface area contributed by atoms with Crippen LogP contribution < -0.4 is 5.32 Å². The van der Waals surface area contributed by atoms with Crippen molar-refractivity contribution in [3.8, 4) is 6.07 Å². The summed E-state index contributed by atoms with van der Waals surface area (Å²) in [6.45, 7) is 4.18. The molecule has 106 valence electrons. The fourth-order valence-corrected chi connectivity index (χ4v) is 2.13. The van der Waals surface area contributed by atoms with E-state index in [2.05, 4.69) is 17.1 Å². The molecule has 1 heterocycles. The van der Waals surface area contributed by atoms with Gasteiger partial charge in [-0.3, -0.25) is 4.79 Å². The Balaban J connectivity index is 2.51. The van der Waals surface area contributed by atoms with Crippen molar-refractivity contribution < 1.29 is 9.53 Å². The molecule has 0 aromatic carbocycles. The number of carbonyl (C=O) groups excluding carboxylic acids is 1. The number of hydrogen-bond acceptors (Lipinski definition) is 4. The van der Waals surface area contributed by atoms with E-state index in [4.69, 9.17) is 10.00 Å². The predicted molar refractivity (Wildman–Crippen MR) is 73.2 cm³/mol. The van der Waals surface area contributed by atoms with Crippen LogP contribution in [-0.4, -0.2) is 43.7 Å². The van der Waals surface area contributed by atoms with Gasteiger partial charge in [-0.1, -0.05) is 0 Å². The second-order valence-corrected chi connectivity index (χ2v) is 4.84. The van der Waals surface area contributed by atoms with Gasteiger partial charge in [-0.05, 0) is 32.6 Å². The molecule has 1 amide bonds. The summed E-state index contributed by atoms with van der Waals surface area (Å²) in [6, 6.07) is 2.39. The molecule has 5 heteroatoms. The van der Waals surface area contributed by atoms with Gasteiger partial charge < -0.3 is 15.0 Å².